The minimum Gasteiger partial charge on any atom is -0.399 e. The van der Waals surface area contributed by atoms with Crippen LogP contribution in [0.15, 0.2) is 18.2 Å². The Labute approximate surface area is 116 Å². The first-order valence-electron chi connectivity index (χ1n) is 6.37. The number of carbonyl (C=O) groups excluding carboxylic acids is 2. The van der Waals surface area contributed by atoms with Gasteiger partial charge in [0.2, 0.25) is 0 Å². The van der Waals surface area contributed by atoms with Gasteiger partial charge in [0.1, 0.15) is 0 Å². The van der Waals surface area contributed by atoms with E-state index in [9.17, 15) is 9.59 Å². The normalized spacial score (nSPS) is 20.4. The van der Waals surface area contributed by atoms with Gasteiger partial charge >= 0.3 is 0 Å². The third-order valence-corrected chi connectivity index (χ3v) is 5.54. The lowest BCUT2D eigenvalue weighted by Crippen LogP contribution is -2.47. The molecule has 1 fully saturated rings. The number of imide groups is 1. The molecule has 1 saturated carbocycles. The van der Waals surface area contributed by atoms with Gasteiger partial charge in [0.15, 0.2) is 0 Å². The number of thioether (sulfide) groups is 1. The highest BCUT2D eigenvalue weighted by molar-refractivity contribution is 8.00. The monoisotopic (exact) mass is 276 g/mol. The number of amides is 2. The second-order valence-electron chi connectivity index (χ2n) is 5.24. The summed E-state index contributed by atoms with van der Waals surface area (Å²) in [5.41, 5.74) is 7.13. The molecule has 0 spiro atoms. The van der Waals surface area contributed by atoms with Gasteiger partial charge in [-0.25, -0.2) is 0 Å². The third kappa shape index (κ3) is 1.84. The van der Waals surface area contributed by atoms with E-state index in [0.29, 0.717) is 23.4 Å². The number of nitrogen functional groups attached to an aromatic ring is 1. The molecule has 1 aromatic carbocycles. The molecule has 3 rings (SSSR count). The number of hydrogen-bond donors (Lipinski definition) is 1. The average molecular weight is 276 g/mol. The molecule has 2 aliphatic rings. The third-order valence-electron chi connectivity index (χ3n) is 4.14. The second-order valence-corrected chi connectivity index (χ2v) is 6.52. The molecule has 0 saturated heterocycles. The fraction of sp³-hybridized carbons (Fsp3) is 0.429. The van der Waals surface area contributed by atoms with Crippen LogP contribution in [-0.2, 0) is 0 Å². The first-order valence-corrected chi connectivity index (χ1v) is 7.60. The fourth-order valence-electron chi connectivity index (χ4n) is 2.74. The largest absolute Gasteiger partial charge is 0.399 e. The molecule has 0 aromatic heterocycles. The van der Waals surface area contributed by atoms with E-state index >= 15 is 0 Å². The maximum atomic E-state index is 12.3. The van der Waals surface area contributed by atoms with Crippen molar-refractivity contribution in [2.24, 2.45) is 0 Å². The van der Waals surface area contributed by atoms with Crippen LogP contribution in [0.4, 0.5) is 5.69 Å². The van der Waals surface area contributed by atoms with Gasteiger partial charge in [-0.15, -0.1) is 0 Å². The molecule has 0 atom stereocenters. The van der Waals surface area contributed by atoms with E-state index in [0.717, 1.165) is 12.8 Å². The van der Waals surface area contributed by atoms with Crippen LogP contribution < -0.4 is 5.73 Å². The Morgan fingerprint density at radius 2 is 1.95 bits per heavy atom. The molecule has 4 nitrogen and oxygen atoms in total. The number of nitrogens with zero attached hydrogens (tertiary/aromatic N) is 1. The van der Waals surface area contributed by atoms with Crippen LogP contribution in [0.3, 0.4) is 0 Å². The van der Waals surface area contributed by atoms with Crippen LogP contribution in [0.2, 0.25) is 0 Å². The number of benzene rings is 1. The quantitative estimate of drug-likeness (QED) is 0.678. The molecule has 1 aliphatic heterocycles. The Kier molecular flexibility index (Phi) is 2.82. The van der Waals surface area contributed by atoms with Crippen LogP contribution in [0.5, 0.6) is 0 Å². The summed E-state index contributed by atoms with van der Waals surface area (Å²) < 4.78 is 0.0684. The molecule has 0 radical (unpaired) electrons. The molecular weight excluding hydrogens is 260 g/mol. The van der Waals surface area contributed by atoms with Crippen molar-refractivity contribution in [1.29, 1.82) is 0 Å². The molecule has 5 heteroatoms. The highest BCUT2D eigenvalue weighted by atomic mass is 32.2. The molecule has 19 heavy (non-hydrogen) atoms. The van der Waals surface area contributed by atoms with Gasteiger partial charge in [-0.05, 0) is 37.3 Å². The van der Waals surface area contributed by atoms with Crippen molar-refractivity contribution in [3.05, 3.63) is 29.3 Å². The summed E-state index contributed by atoms with van der Waals surface area (Å²) in [4.78, 5) is 26.0. The Hall–Kier alpha value is -1.49. The standard InChI is InChI=1S/C14H16N2O2S/c1-19-14(5-2-6-14)8-16-12(17)10-4-3-9(15)7-11(10)13(16)18/h3-4,7H,2,5-6,8,15H2,1H3. The maximum absolute atomic E-state index is 12.3. The summed E-state index contributed by atoms with van der Waals surface area (Å²) in [6.45, 7) is 0.514. The van der Waals surface area contributed by atoms with Gasteiger partial charge in [0, 0.05) is 17.0 Å². The molecule has 1 heterocycles. The number of rotatable bonds is 3. The van der Waals surface area contributed by atoms with Gasteiger partial charge in [-0.1, -0.05) is 6.42 Å². The van der Waals surface area contributed by atoms with E-state index in [2.05, 4.69) is 6.26 Å². The van der Waals surface area contributed by atoms with E-state index in [1.807, 2.05) is 0 Å². The number of hydrogen-bond acceptors (Lipinski definition) is 4. The summed E-state index contributed by atoms with van der Waals surface area (Å²) in [5, 5.41) is 0. The van der Waals surface area contributed by atoms with E-state index in [1.165, 1.54) is 11.3 Å². The molecule has 0 unspecified atom stereocenters. The van der Waals surface area contributed by atoms with Crippen molar-refractivity contribution in [2.45, 2.75) is 24.0 Å². The van der Waals surface area contributed by atoms with Crippen LogP contribution in [0.25, 0.3) is 0 Å². The average Bonchev–Trinajstić information content (AvgIpc) is 2.58. The summed E-state index contributed by atoms with van der Waals surface area (Å²) >= 11 is 1.76. The lowest BCUT2D eigenvalue weighted by atomic mass is 9.84. The lowest BCUT2D eigenvalue weighted by molar-refractivity contribution is 0.0618. The van der Waals surface area contributed by atoms with Crippen molar-refractivity contribution in [1.82, 2.24) is 4.90 Å². The van der Waals surface area contributed by atoms with Crippen LogP contribution >= 0.6 is 11.8 Å². The van der Waals surface area contributed by atoms with Crippen molar-refractivity contribution >= 4 is 29.3 Å². The molecule has 0 bridgehead atoms. The van der Waals surface area contributed by atoms with Crippen molar-refractivity contribution < 1.29 is 9.59 Å². The first kappa shape index (κ1) is 12.5. The first-order chi connectivity index (χ1) is 9.06. The van der Waals surface area contributed by atoms with Gasteiger partial charge < -0.3 is 5.73 Å². The molecule has 1 aliphatic carbocycles. The van der Waals surface area contributed by atoms with E-state index in [-0.39, 0.29) is 16.6 Å². The molecular formula is C14H16N2O2S. The van der Waals surface area contributed by atoms with Crippen LogP contribution in [-0.4, -0.2) is 34.3 Å². The van der Waals surface area contributed by atoms with Gasteiger partial charge in [-0.2, -0.15) is 11.8 Å². The zero-order valence-corrected chi connectivity index (χ0v) is 11.6. The Morgan fingerprint density at radius 3 is 2.53 bits per heavy atom. The molecule has 2 N–H and O–H groups in total. The van der Waals surface area contributed by atoms with Crippen molar-refractivity contribution in [3.63, 3.8) is 0 Å². The zero-order chi connectivity index (χ0) is 13.6. The number of fused-ring (bicyclic) bond motifs is 1. The maximum Gasteiger partial charge on any atom is 0.261 e. The second kappa shape index (κ2) is 4.27. The highest BCUT2D eigenvalue weighted by Gasteiger charge is 2.44. The Balaban J connectivity index is 1.90. The smallest absolute Gasteiger partial charge is 0.261 e. The van der Waals surface area contributed by atoms with Crippen molar-refractivity contribution in [2.75, 3.05) is 18.5 Å². The predicted octanol–water partition coefficient (Wildman–Crippen LogP) is 2.15. The van der Waals surface area contributed by atoms with Crippen LogP contribution in [0.1, 0.15) is 40.0 Å². The van der Waals surface area contributed by atoms with E-state index in [1.54, 1.807) is 30.0 Å². The number of nitrogens with two attached hydrogens (primary N) is 1. The summed E-state index contributed by atoms with van der Waals surface area (Å²) in [7, 11) is 0. The van der Waals surface area contributed by atoms with Crippen LogP contribution in [0, 0.1) is 0 Å². The minimum atomic E-state index is -0.201. The predicted molar refractivity (Wildman–Crippen MR) is 76.3 cm³/mol. The van der Waals surface area contributed by atoms with E-state index in [4.69, 9.17) is 5.73 Å². The van der Waals surface area contributed by atoms with Gasteiger partial charge in [0.25, 0.3) is 11.8 Å². The summed E-state index contributed by atoms with van der Waals surface area (Å²) in [6.07, 6.45) is 5.37. The summed E-state index contributed by atoms with van der Waals surface area (Å²) in [5.74, 6) is -0.382. The van der Waals surface area contributed by atoms with Gasteiger partial charge in [0.05, 0.1) is 11.1 Å². The minimum absolute atomic E-state index is 0.0684. The molecule has 100 valence electrons. The Bertz CT molecular complexity index is 561. The highest BCUT2D eigenvalue weighted by Crippen LogP contribution is 2.44. The SMILES string of the molecule is CSC1(CN2C(=O)c3ccc(N)cc3C2=O)CCC1. The lowest BCUT2D eigenvalue weighted by Gasteiger charge is -2.42. The van der Waals surface area contributed by atoms with Crippen molar-refractivity contribution in [3.8, 4) is 0 Å². The fourth-order valence-corrected chi connectivity index (χ4v) is 3.69. The topological polar surface area (TPSA) is 63.4 Å². The molecule has 2 amide bonds. The molecule has 1 aromatic rings. The zero-order valence-electron chi connectivity index (χ0n) is 10.8. The number of anilines is 1. The number of carbonyl (C=O) groups is 2. The summed E-state index contributed by atoms with van der Waals surface area (Å²) in [6, 6.07) is 4.92. The van der Waals surface area contributed by atoms with Gasteiger partial charge in [-0.3, -0.25) is 14.5 Å². The Morgan fingerprint density at radius 1 is 1.26 bits per heavy atom. The van der Waals surface area contributed by atoms with E-state index < -0.39 is 0 Å².